The fraction of sp³-hybridized carbons (Fsp3) is 0.692. The van der Waals surface area contributed by atoms with Crippen molar-refractivity contribution in [3.63, 3.8) is 0 Å². The maximum atomic E-state index is 12.1. The van der Waals surface area contributed by atoms with E-state index in [0.717, 1.165) is 0 Å². The standard InChI is InChI=1S/C13H20BrN3O2/c1-8(5-9(2)18)16-11-6-15-17(7-10-3-4-10)13(19)12(11)14/h6,8-10,16,18H,3-5,7H2,1-2H3. The quantitative estimate of drug-likeness (QED) is 0.837. The lowest BCUT2D eigenvalue weighted by molar-refractivity contribution is 0.179. The van der Waals surface area contributed by atoms with Crippen LogP contribution in [0.25, 0.3) is 0 Å². The minimum atomic E-state index is -0.371. The molecule has 0 saturated heterocycles. The van der Waals surface area contributed by atoms with Crippen molar-refractivity contribution in [1.82, 2.24) is 9.78 Å². The lowest BCUT2D eigenvalue weighted by Crippen LogP contribution is -2.27. The number of aromatic nitrogens is 2. The minimum absolute atomic E-state index is 0.0804. The Bertz CT molecular complexity index is 497. The zero-order valence-corrected chi connectivity index (χ0v) is 12.9. The second-order valence-electron chi connectivity index (χ2n) is 5.43. The van der Waals surface area contributed by atoms with E-state index in [-0.39, 0.29) is 17.7 Å². The van der Waals surface area contributed by atoms with Gasteiger partial charge in [0.1, 0.15) is 4.47 Å². The number of nitrogens with one attached hydrogen (secondary N) is 1. The summed E-state index contributed by atoms with van der Waals surface area (Å²) in [6.45, 7) is 4.43. The molecule has 1 aliphatic carbocycles. The average molecular weight is 330 g/mol. The molecule has 1 heterocycles. The van der Waals surface area contributed by atoms with Gasteiger partial charge in [-0.1, -0.05) is 0 Å². The summed E-state index contributed by atoms with van der Waals surface area (Å²) in [5, 5.41) is 16.7. The van der Waals surface area contributed by atoms with Crippen LogP contribution < -0.4 is 10.9 Å². The lowest BCUT2D eigenvalue weighted by atomic mass is 10.1. The van der Waals surface area contributed by atoms with Crippen molar-refractivity contribution in [1.29, 1.82) is 0 Å². The van der Waals surface area contributed by atoms with Crippen molar-refractivity contribution in [2.75, 3.05) is 5.32 Å². The Labute approximate surface area is 121 Å². The molecule has 106 valence electrons. The number of halogens is 1. The molecule has 2 atom stereocenters. The fourth-order valence-electron chi connectivity index (χ4n) is 2.08. The SMILES string of the molecule is CC(O)CC(C)Nc1cnn(CC2CC2)c(=O)c1Br. The Morgan fingerprint density at radius 2 is 2.26 bits per heavy atom. The molecule has 5 nitrogen and oxygen atoms in total. The molecule has 0 bridgehead atoms. The van der Waals surface area contributed by atoms with Gasteiger partial charge in [0.15, 0.2) is 0 Å². The first-order chi connectivity index (χ1) is 8.97. The van der Waals surface area contributed by atoms with Gasteiger partial charge in [-0.15, -0.1) is 0 Å². The number of aliphatic hydroxyl groups excluding tert-OH is 1. The summed E-state index contributed by atoms with van der Waals surface area (Å²) in [6.07, 6.45) is 4.31. The Hall–Kier alpha value is -0.880. The summed E-state index contributed by atoms with van der Waals surface area (Å²) in [6, 6.07) is 0.0804. The normalized spacial score (nSPS) is 18.1. The van der Waals surface area contributed by atoms with Crippen molar-refractivity contribution in [3.05, 3.63) is 21.0 Å². The van der Waals surface area contributed by atoms with E-state index in [1.165, 1.54) is 17.5 Å². The molecule has 1 aliphatic rings. The molecule has 19 heavy (non-hydrogen) atoms. The molecule has 0 aliphatic heterocycles. The van der Waals surface area contributed by atoms with Crippen LogP contribution >= 0.6 is 15.9 Å². The van der Waals surface area contributed by atoms with Crippen molar-refractivity contribution in [2.45, 2.75) is 51.8 Å². The maximum absolute atomic E-state index is 12.1. The molecule has 2 N–H and O–H groups in total. The molecule has 2 unspecified atom stereocenters. The Morgan fingerprint density at radius 3 is 2.84 bits per heavy atom. The summed E-state index contributed by atoms with van der Waals surface area (Å²) in [7, 11) is 0. The van der Waals surface area contributed by atoms with E-state index in [4.69, 9.17) is 0 Å². The first kappa shape index (κ1) is 14.5. The summed E-state index contributed by atoms with van der Waals surface area (Å²) < 4.78 is 2.03. The Kier molecular flexibility index (Phi) is 4.62. The van der Waals surface area contributed by atoms with Crippen LogP contribution in [-0.4, -0.2) is 27.0 Å². The first-order valence-corrected chi connectivity index (χ1v) is 7.47. The number of nitrogens with zero attached hydrogens (tertiary/aromatic N) is 2. The van der Waals surface area contributed by atoms with Crippen molar-refractivity contribution < 1.29 is 5.11 Å². The highest BCUT2D eigenvalue weighted by Gasteiger charge is 2.23. The van der Waals surface area contributed by atoms with Crippen molar-refractivity contribution >= 4 is 21.6 Å². The van der Waals surface area contributed by atoms with Crippen molar-refractivity contribution in [3.8, 4) is 0 Å². The van der Waals surface area contributed by atoms with Crippen LogP contribution in [-0.2, 0) is 6.54 Å². The number of aliphatic hydroxyl groups is 1. The van der Waals surface area contributed by atoms with Gasteiger partial charge in [-0.25, -0.2) is 4.68 Å². The van der Waals surface area contributed by atoms with Crippen LogP contribution in [0.4, 0.5) is 5.69 Å². The number of anilines is 1. The molecule has 0 amide bonds. The number of hydrogen-bond acceptors (Lipinski definition) is 4. The second-order valence-corrected chi connectivity index (χ2v) is 6.23. The largest absolute Gasteiger partial charge is 0.393 e. The summed E-state index contributed by atoms with van der Waals surface area (Å²) >= 11 is 3.34. The molecule has 1 aromatic heterocycles. The van der Waals surface area contributed by atoms with E-state index in [2.05, 4.69) is 26.3 Å². The Morgan fingerprint density at radius 1 is 1.58 bits per heavy atom. The smallest absolute Gasteiger partial charge is 0.283 e. The highest BCUT2D eigenvalue weighted by Crippen LogP contribution is 2.30. The third-order valence-corrected chi connectivity index (χ3v) is 3.98. The van der Waals surface area contributed by atoms with Gasteiger partial charge in [0, 0.05) is 12.6 Å². The van der Waals surface area contributed by atoms with Crippen LogP contribution in [0.2, 0.25) is 0 Å². The van der Waals surface area contributed by atoms with Crippen LogP contribution in [0, 0.1) is 5.92 Å². The maximum Gasteiger partial charge on any atom is 0.283 e. The second kappa shape index (κ2) is 6.05. The molecule has 1 aromatic rings. The molecule has 0 radical (unpaired) electrons. The van der Waals surface area contributed by atoms with Crippen LogP contribution in [0.5, 0.6) is 0 Å². The molecule has 2 rings (SSSR count). The zero-order chi connectivity index (χ0) is 14.0. The third-order valence-electron chi connectivity index (χ3n) is 3.21. The van der Waals surface area contributed by atoms with E-state index in [1.807, 2.05) is 6.92 Å². The lowest BCUT2D eigenvalue weighted by Gasteiger charge is -2.17. The molecule has 1 fully saturated rings. The van der Waals surface area contributed by atoms with Crippen molar-refractivity contribution in [2.24, 2.45) is 5.92 Å². The zero-order valence-electron chi connectivity index (χ0n) is 11.3. The molecular formula is C13H20BrN3O2. The summed E-state index contributed by atoms with van der Waals surface area (Å²) in [5.41, 5.74) is 0.589. The first-order valence-electron chi connectivity index (χ1n) is 6.67. The van der Waals surface area contributed by atoms with Crippen LogP contribution in [0.1, 0.15) is 33.1 Å². The molecule has 6 heteroatoms. The van der Waals surface area contributed by atoms with E-state index in [0.29, 0.717) is 29.0 Å². The molecule has 1 saturated carbocycles. The summed E-state index contributed by atoms with van der Waals surface area (Å²) in [4.78, 5) is 12.1. The minimum Gasteiger partial charge on any atom is -0.393 e. The van der Waals surface area contributed by atoms with Gasteiger partial charge in [0.2, 0.25) is 0 Å². The highest BCUT2D eigenvalue weighted by atomic mass is 79.9. The van der Waals surface area contributed by atoms with Gasteiger partial charge in [0.25, 0.3) is 5.56 Å². The Balaban J connectivity index is 2.09. The number of hydrogen-bond donors (Lipinski definition) is 2. The van der Waals surface area contributed by atoms with Gasteiger partial charge >= 0.3 is 0 Å². The predicted molar refractivity (Wildman–Crippen MR) is 78.3 cm³/mol. The van der Waals surface area contributed by atoms with E-state index >= 15 is 0 Å². The van der Waals surface area contributed by atoms with E-state index < -0.39 is 0 Å². The van der Waals surface area contributed by atoms with Gasteiger partial charge in [-0.3, -0.25) is 4.79 Å². The molecule has 0 spiro atoms. The van der Waals surface area contributed by atoms with Gasteiger partial charge in [0.05, 0.1) is 18.0 Å². The number of rotatable bonds is 6. The highest BCUT2D eigenvalue weighted by molar-refractivity contribution is 9.10. The molecular weight excluding hydrogens is 310 g/mol. The van der Waals surface area contributed by atoms with Gasteiger partial charge in [-0.2, -0.15) is 5.10 Å². The third kappa shape index (κ3) is 4.04. The van der Waals surface area contributed by atoms with Gasteiger partial charge < -0.3 is 10.4 Å². The topological polar surface area (TPSA) is 67.2 Å². The predicted octanol–water partition coefficient (Wildman–Crippen LogP) is 1.99. The van der Waals surface area contributed by atoms with Gasteiger partial charge in [-0.05, 0) is 55.0 Å². The fourth-order valence-corrected chi connectivity index (χ4v) is 2.50. The van der Waals surface area contributed by atoms with Crippen LogP contribution in [0.15, 0.2) is 15.5 Å². The molecule has 0 aromatic carbocycles. The van der Waals surface area contributed by atoms with E-state index in [1.54, 1.807) is 13.1 Å². The summed E-state index contributed by atoms with van der Waals surface area (Å²) in [5.74, 6) is 0.616. The van der Waals surface area contributed by atoms with E-state index in [9.17, 15) is 9.90 Å². The van der Waals surface area contributed by atoms with Crippen LogP contribution in [0.3, 0.4) is 0 Å². The monoisotopic (exact) mass is 329 g/mol. The average Bonchev–Trinajstić information content (AvgIpc) is 3.12.